The molecule has 5 aromatic rings. The molecular weight excluding hydrogens is 458 g/mol. The molecule has 1 aliphatic rings. The van der Waals surface area contributed by atoms with Crippen LogP contribution in [0.15, 0.2) is 47.4 Å². The van der Waals surface area contributed by atoms with Crippen molar-refractivity contribution in [2.45, 2.75) is 18.8 Å². The maximum absolute atomic E-state index is 12.7. The first-order valence-electron chi connectivity index (χ1n) is 10.7. The zero-order chi connectivity index (χ0) is 22.5. The van der Waals surface area contributed by atoms with Crippen molar-refractivity contribution in [1.82, 2.24) is 29.5 Å². The molecule has 1 saturated heterocycles. The van der Waals surface area contributed by atoms with Crippen molar-refractivity contribution in [3.63, 3.8) is 0 Å². The number of amides is 1. The zero-order valence-corrected chi connectivity index (χ0v) is 19.1. The van der Waals surface area contributed by atoms with Crippen LogP contribution in [-0.4, -0.2) is 48.5 Å². The van der Waals surface area contributed by atoms with Gasteiger partial charge in [0.25, 0.3) is 5.91 Å². The van der Waals surface area contributed by atoms with Gasteiger partial charge in [0.2, 0.25) is 0 Å². The first-order valence-corrected chi connectivity index (χ1v) is 12.0. The Balaban J connectivity index is 1.36. The maximum Gasteiger partial charge on any atom is 0.254 e. The third kappa shape index (κ3) is 3.35. The number of carbonyl (C=O) groups excluding carboxylic acids is 1. The Morgan fingerprint density at radius 2 is 2.09 bits per heavy atom. The maximum atomic E-state index is 12.7. The number of likely N-dealkylation sites (tertiary alicyclic amines) is 1. The number of rotatable bonds is 3. The van der Waals surface area contributed by atoms with Crippen LogP contribution in [-0.2, 0) is 0 Å². The molecule has 166 valence electrons. The molecule has 0 atom stereocenters. The molecule has 4 aromatic heterocycles. The molecule has 6 rings (SSSR count). The number of nitrogens with zero attached hydrogens (tertiary/aromatic N) is 5. The molecule has 1 fully saturated rings. The Morgan fingerprint density at radius 1 is 1.24 bits per heavy atom. The number of anilines is 1. The zero-order valence-electron chi connectivity index (χ0n) is 17.5. The number of hydrogen-bond acceptors (Lipinski definition) is 6. The van der Waals surface area contributed by atoms with Gasteiger partial charge in [0.05, 0.1) is 21.8 Å². The number of nitrogens with one attached hydrogen (secondary N) is 1. The van der Waals surface area contributed by atoms with Crippen molar-refractivity contribution in [3.8, 4) is 11.4 Å². The fraction of sp³-hybridized carbons (Fsp3) is 0.217. The topological polar surface area (TPSA) is 105 Å². The van der Waals surface area contributed by atoms with Gasteiger partial charge < -0.3 is 15.6 Å². The van der Waals surface area contributed by atoms with Gasteiger partial charge in [0.1, 0.15) is 23.4 Å². The number of piperidine rings is 1. The van der Waals surface area contributed by atoms with Crippen LogP contribution in [0.25, 0.3) is 27.8 Å². The Bertz CT molecular complexity index is 1480. The molecule has 5 heterocycles. The molecule has 1 aromatic carbocycles. The number of hydrogen-bond donors (Lipinski definition) is 2. The van der Waals surface area contributed by atoms with Gasteiger partial charge in [-0.2, -0.15) is 16.4 Å². The molecule has 0 radical (unpaired) electrons. The highest BCUT2D eigenvalue weighted by molar-refractivity contribution is 7.08. The largest absolute Gasteiger partial charge is 0.382 e. The molecule has 8 nitrogen and oxygen atoms in total. The number of fused-ring (bicyclic) bond motifs is 2. The standard InChI is InChI=1S/C23H20ClN7OS/c24-16-3-1-2-14-10-17(28-18(14)16)19-20-21(25)26-12-27-31(20)22(29-19)13-4-7-30(8-5-13)23(32)15-6-9-33-11-15/h1-3,6,9-13,28H,4-5,7-8H2,(H2,25,26,27). The van der Waals surface area contributed by atoms with Crippen LogP contribution >= 0.6 is 22.9 Å². The summed E-state index contributed by atoms with van der Waals surface area (Å²) in [5, 5.41) is 9.95. The molecule has 0 unspecified atom stereocenters. The summed E-state index contributed by atoms with van der Waals surface area (Å²) < 4.78 is 1.80. The van der Waals surface area contributed by atoms with Gasteiger partial charge in [-0.05, 0) is 36.4 Å². The van der Waals surface area contributed by atoms with Gasteiger partial charge >= 0.3 is 0 Å². The second-order valence-corrected chi connectivity index (χ2v) is 9.38. The molecule has 1 aliphatic heterocycles. The van der Waals surface area contributed by atoms with Crippen molar-refractivity contribution in [2.75, 3.05) is 18.8 Å². The van der Waals surface area contributed by atoms with Gasteiger partial charge in [-0.15, -0.1) is 0 Å². The van der Waals surface area contributed by atoms with E-state index in [1.54, 1.807) is 4.52 Å². The van der Waals surface area contributed by atoms with E-state index in [0.29, 0.717) is 35.1 Å². The highest BCUT2D eigenvalue weighted by Crippen LogP contribution is 2.35. The summed E-state index contributed by atoms with van der Waals surface area (Å²) in [4.78, 5) is 27.2. The lowest BCUT2D eigenvalue weighted by Gasteiger charge is -2.31. The summed E-state index contributed by atoms with van der Waals surface area (Å²) in [6, 6.07) is 9.66. The second-order valence-electron chi connectivity index (χ2n) is 8.19. The highest BCUT2D eigenvalue weighted by atomic mass is 35.5. The second kappa shape index (κ2) is 7.86. The Kier molecular flexibility index (Phi) is 4.81. The Morgan fingerprint density at radius 3 is 2.85 bits per heavy atom. The fourth-order valence-corrected chi connectivity index (χ4v) is 5.44. The summed E-state index contributed by atoms with van der Waals surface area (Å²) in [6.07, 6.45) is 3.06. The summed E-state index contributed by atoms with van der Waals surface area (Å²) in [7, 11) is 0. The molecule has 10 heteroatoms. The van der Waals surface area contributed by atoms with E-state index < -0.39 is 0 Å². The van der Waals surface area contributed by atoms with Crippen LogP contribution in [0.5, 0.6) is 0 Å². The average Bonchev–Trinajstić information content (AvgIpc) is 3.58. The molecule has 0 aliphatic carbocycles. The van der Waals surface area contributed by atoms with Crippen LogP contribution in [0.3, 0.4) is 0 Å². The number of imidazole rings is 1. The van der Waals surface area contributed by atoms with E-state index in [4.69, 9.17) is 22.3 Å². The summed E-state index contributed by atoms with van der Waals surface area (Å²) in [5.41, 5.74) is 10.1. The molecule has 0 saturated carbocycles. The summed E-state index contributed by atoms with van der Waals surface area (Å²) >= 11 is 7.91. The number of aromatic nitrogens is 5. The van der Waals surface area contributed by atoms with Crippen LogP contribution in [0.2, 0.25) is 5.02 Å². The van der Waals surface area contributed by atoms with Gasteiger partial charge in [-0.1, -0.05) is 23.7 Å². The van der Waals surface area contributed by atoms with E-state index in [2.05, 4.69) is 15.1 Å². The number of carbonyl (C=O) groups is 1. The van der Waals surface area contributed by atoms with E-state index in [1.165, 1.54) is 17.7 Å². The lowest BCUT2D eigenvalue weighted by atomic mass is 9.95. The number of H-pyrrole nitrogens is 1. The molecule has 33 heavy (non-hydrogen) atoms. The van der Waals surface area contributed by atoms with Crippen molar-refractivity contribution < 1.29 is 4.79 Å². The van der Waals surface area contributed by atoms with E-state index in [-0.39, 0.29) is 11.8 Å². The monoisotopic (exact) mass is 477 g/mol. The number of halogens is 1. The van der Waals surface area contributed by atoms with Crippen LogP contribution in [0.1, 0.15) is 34.9 Å². The van der Waals surface area contributed by atoms with Crippen LogP contribution in [0.4, 0.5) is 5.82 Å². The molecular formula is C23H20ClN7OS. The lowest BCUT2D eigenvalue weighted by molar-refractivity contribution is 0.0711. The van der Waals surface area contributed by atoms with Gasteiger partial charge in [-0.25, -0.2) is 14.5 Å². The SMILES string of the molecule is Nc1ncnn2c(C3CCN(C(=O)c4ccsc4)CC3)nc(-c3cc4cccc(Cl)c4[nH]3)c12. The van der Waals surface area contributed by atoms with E-state index >= 15 is 0 Å². The number of benzene rings is 1. The normalized spacial score (nSPS) is 15.0. The molecule has 1 amide bonds. The third-order valence-corrected chi connectivity index (χ3v) is 7.26. The smallest absolute Gasteiger partial charge is 0.254 e. The van der Waals surface area contributed by atoms with E-state index in [0.717, 1.165) is 40.8 Å². The quantitative estimate of drug-likeness (QED) is 0.395. The number of aromatic amines is 1. The van der Waals surface area contributed by atoms with Crippen molar-refractivity contribution in [3.05, 3.63) is 63.8 Å². The first kappa shape index (κ1) is 20.2. The van der Waals surface area contributed by atoms with Crippen molar-refractivity contribution >= 4 is 51.1 Å². The van der Waals surface area contributed by atoms with Gasteiger partial charge in [0, 0.05) is 29.8 Å². The van der Waals surface area contributed by atoms with Crippen LogP contribution < -0.4 is 5.73 Å². The minimum absolute atomic E-state index is 0.0879. The predicted octanol–water partition coefficient (Wildman–Crippen LogP) is 4.59. The van der Waals surface area contributed by atoms with Crippen molar-refractivity contribution in [1.29, 1.82) is 0 Å². The van der Waals surface area contributed by atoms with Crippen LogP contribution in [0, 0.1) is 0 Å². The number of nitrogen functional groups attached to an aromatic ring is 1. The number of nitrogens with two attached hydrogens (primary N) is 1. The number of thiophene rings is 1. The van der Waals surface area contributed by atoms with E-state index in [9.17, 15) is 4.79 Å². The van der Waals surface area contributed by atoms with Gasteiger partial charge in [0.15, 0.2) is 5.82 Å². The number of para-hydroxylation sites is 1. The van der Waals surface area contributed by atoms with Gasteiger partial charge in [-0.3, -0.25) is 4.79 Å². The summed E-state index contributed by atoms with van der Waals surface area (Å²) in [6.45, 7) is 1.35. The minimum atomic E-state index is 0.0879. The fourth-order valence-electron chi connectivity index (χ4n) is 4.59. The minimum Gasteiger partial charge on any atom is -0.382 e. The third-order valence-electron chi connectivity index (χ3n) is 6.26. The molecule has 3 N–H and O–H groups in total. The van der Waals surface area contributed by atoms with E-state index in [1.807, 2.05) is 46.0 Å². The Labute approximate surface area is 198 Å². The lowest BCUT2D eigenvalue weighted by Crippen LogP contribution is -2.38. The molecule has 0 spiro atoms. The summed E-state index contributed by atoms with van der Waals surface area (Å²) in [5.74, 6) is 1.44. The predicted molar refractivity (Wildman–Crippen MR) is 130 cm³/mol. The average molecular weight is 478 g/mol. The first-order chi connectivity index (χ1) is 16.1. The molecule has 0 bridgehead atoms. The van der Waals surface area contributed by atoms with Crippen molar-refractivity contribution in [2.24, 2.45) is 0 Å². The highest BCUT2D eigenvalue weighted by Gasteiger charge is 2.29. The Hall–Kier alpha value is -3.43.